The first kappa shape index (κ1) is 6.55. The van der Waals surface area contributed by atoms with Gasteiger partial charge in [-0.05, 0) is 13.1 Å². The summed E-state index contributed by atoms with van der Waals surface area (Å²) in [6.07, 6.45) is 0. The minimum atomic E-state index is -3.14. The van der Waals surface area contributed by atoms with Gasteiger partial charge in [0.25, 0.3) is 0 Å². The van der Waals surface area contributed by atoms with Crippen molar-refractivity contribution in [1.82, 2.24) is 0 Å². The van der Waals surface area contributed by atoms with Gasteiger partial charge in [-0.3, -0.25) is 4.11 Å². The molecule has 0 bridgehead atoms. The molecule has 0 fully saturated rings. The van der Waals surface area contributed by atoms with E-state index in [1.165, 1.54) is 13.1 Å². The summed E-state index contributed by atoms with van der Waals surface area (Å²) < 4.78 is 15.8. The molecule has 0 aromatic rings. The highest BCUT2D eigenvalue weighted by Crippen LogP contribution is 2.03. The summed E-state index contributed by atoms with van der Waals surface area (Å²) in [5, 5.41) is 1.94. The summed E-state index contributed by atoms with van der Waals surface area (Å²) >= 11 is 0. The van der Waals surface area contributed by atoms with Gasteiger partial charge in [-0.25, -0.2) is 0 Å². The van der Waals surface area contributed by atoms with Gasteiger partial charge >= 0.3 is 8.65 Å². The van der Waals surface area contributed by atoms with E-state index in [0.717, 1.165) is 0 Å². The van der Waals surface area contributed by atoms with Crippen LogP contribution in [-0.4, -0.2) is 8.65 Å². The quantitative estimate of drug-likeness (QED) is 0.240. The molecule has 0 saturated carbocycles. The molecule has 0 aromatic carbocycles. The minimum absolute atomic E-state index is 1.23. The van der Waals surface area contributed by atoms with Crippen molar-refractivity contribution in [2.45, 2.75) is 13.1 Å². The zero-order valence-corrected chi connectivity index (χ0v) is 5.14. The zero-order chi connectivity index (χ0) is 5.91. The fourth-order valence-electron chi connectivity index (χ4n) is 0.0886. The van der Waals surface area contributed by atoms with Crippen LogP contribution in [0, 0.1) is 4.91 Å². The molecule has 0 heterocycles. The first-order chi connectivity index (χ1) is 3.06. The van der Waals surface area contributed by atoms with E-state index in [4.69, 9.17) is 4.91 Å². The zero-order valence-electron chi connectivity index (χ0n) is 4.14. The summed E-state index contributed by atoms with van der Waals surface area (Å²) in [7, 11) is -3.14. The van der Waals surface area contributed by atoms with E-state index < -0.39 is 8.65 Å². The highest BCUT2D eigenvalue weighted by molar-refractivity contribution is 6.63. The van der Waals surface area contributed by atoms with Gasteiger partial charge in [0.05, 0.1) is 0 Å². The van der Waals surface area contributed by atoms with Gasteiger partial charge in [0.1, 0.15) is 5.34 Å². The summed E-state index contributed by atoms with van der Waals surface area (Å²) in [5.74, 6) is 0. The third-order valence-electron chi connectivity index (χ3n) is 0.254. The van der Waals surface area contributed by atoms with Crippen molar-refractivity contribution in [3.63, 3.8) is 0 Å². The average molecular weight is 123 g/mol. The highest BCUT2D eigenvalue weighted by Gasteiger charge is 2.24. The lowest BCUT2D eigenvalue weighted by Crippen LogP contribution is -2.19. The molecule has 0 saturated heterocycles. The molecule has 5 heteroatoms. The second kappa shape index (κ2) is 2.01. The van der Waals surface area contributed by atoms with E-state index in [2.05, 4.69) is 4.53 Å². The van der Waals surface area contributed by atoms with Crippen molar-refractivity contribution in [2.24, 2.45) is 5.34 Å². The molecule has 0 aliphatic heterocycles. The van der Waals surface area contributed by atoms with Gasteiger partial charge in [0.15, 0.2) is 0 Å². The standard InChI is InChI=1S/C2H6FNO2Si/c1-7(2,3)6-4-5/h1-2H3. The third kappa shape index (κ3) is 5.55. The molecule has 0 rings (SSSR count). The maximum atomic E-state index is 12.0. The number of halogens is 1. The van der Waals surface area contributed by atoms with Gasteiger partial charge in [-0.15, -0.1) is 4.91 Å². The van der Waals surface area contributed by atoms with Crippen LogP contribution in [0.1, 0.15) is 0 Å². The summed E-state index contributed by atoms with van der Waals surface area (Å²) in [4.78, 5) is 9.14. The lowest BCUT2D eigenvalue weighted by atomic mass is 11.9. The lowest BCUT2D eigenvalue weighted by Gasteiger charge is -2.01. The molecule has 0 aliphatic rings. The smallest absolute Gasteiger partial charge is 0.387 e. The van der Waals surface area contributed by atoms with Gasteiger partial charge in [0.2, 0.25) is 0 Å². The van der Waals surface area contributed by atoms with Gasteiger partial charge in [-0.1, -0.05) is 0 Å². The van der Waals surface area contributed by atoms with Crippen molar-refractivity contribution in [1.29, 1.82) is 0 Å². The van der Waals surface area contributed by atoms with Crippen molar-refractivity contribution in [3.8, 4) is 0 Å². The van der Waals surface area contributed by atoms with E-state index in [-0.39, 0.29) is 0 Å². The molecule has 0 aromatic heterocycles. The van der Waals surface area contributed by atoms with Crippen LogP contribution >= 0.6 is 0 Å². The maximum Gasteiger partial charge on any atom is 0.465 e. The Hall–Kier alpha value is -0.453. The molecule has 3 nitrogen and oxygen atoms in total. The molecule has 0 spiro atoms. The summed E-state index contributed by atoms with van der Waals surface area (Å²) in [6.45, 7) is 2.46. The molecule has 0 aliphatic carbocycles. The van der Waals surface area contributed by atoms with E-state index in [1.54, 1.807) is 0 Å². The molecule has 0 N–H and O–H groups in total. The lowest BCUT2D eigenvalue weighted by molar-refractivity contribution is 0.288. The van der Waals surface area contributed by atoms with Crippen LogP contribution in [0.15, 0.2) is 5.34 Å². The molecule has 42 valence electrons. The van der Waals surface area contributed by atoms with Crippen LogP contribution in [0.2, 0.25) is 13.1 Å². The number of rotatable bonds is 2. The average Bonchev–Trinajstić information content (AvgIpc) is 1.30. The van der Waals surface area contributed by atoms with Crippen LogP contribution in [0.5, 0.6) is 0 Å². The summed E-state index contributed by atoms with van der Waals surface area (Å²) in [6, 6.07) is 0. The molecular weight excluding hydrogens is 117 g/mol. The molecule has 0 atom stereocenters. The number of hydrogen-bond donors (Lipinski definition) is 0. The normalized spacial score (nSPS) is 10.7. The van der Waals surface area contributed by atoms with E-state index in [1.807, 2.05) is 5.34 Å². The number of nitrogens with zero attached hydrogens (tertiary/aromatic N) is 1. The van der Waals surface area contributed by atoms with Crippen LogP contribution in [-0.2, 0) is 4.53 Å². The van der Waals surface area contributed by atoms with Crippen LogP contribution in [0.25, 0.3) is 0 Å². The Morgan fingerprint density at radius 1 is 1.71 bits per heavy atom. The Morgan fingerprint density at radius 3 is 2.14 bits per heavy atom. The van der Waals surface area contributed by atoms with Crippen molar-refractivity contribution >= 4 is 8.65 Å². The Bertz CT molecular complexity index is 70.6. The maximum absolute atomic E-state index is 12.0. The first-order valence-electron chi connectivity index (χ1n) is 1.76. The largest absolute Gasteiger partial charge is 0.465 e. The fourth-order valence-corrected chi connectivity index (χ4v) is 0.266. The van der Waals surface area contributed by atoms with Gasteiger partial charge < -0.3 is 4.53 Å². The van der Waals surface area contributed by atoms with E-state index >= 15 is 0 Å². The molecule has 0 unspecified atom stereocenters. The second-order valence-corrected chi connectivity index (χ2v) is 4.44. The van der Waals surface area contributed by atoms with Crippen LogP contribution < -0.4 is 0 Å². The van der Waals surface area contributed by atoms with Crippen LogP contribution in [0.3, 0.4) is 0 Å². The monoisotopic (exact) mass is 123 g/mol. The summed E-state index contributed by atoms with van der Waals surface area (Å²) in [5.41, 5.74) is 0. The Kier molecular flexibility index (Phi) is 1.88. The first-order valence-corrected chi connectivity index (χ1v) is 4.54. The predicted octanol–water partition coefficient (Wildman–Crippen LogP) is 1.36. The second-order valence-electron chi connectivity index (χ2n) is 1.53. The molecule has 0 radical (unpaired) electrons. The van der Waals surface area contributed by atoms with Crippen LogP contribution in [0.4, 0.5) is 4.11 Å². The fraction of sp³-hybridized carbons (Fsp3) is 1.00. The Balaban J connectivity index is 3.34. The third-order valence-corrected chi connectivity index (χ3v) is 0.763. The number of hydrogen-bond acceptors (Lipinski definition) is 3. The molecule has 7 heavy (non-hydrogen) atoms. The van der Waals surface area contributed by atoms with Crippen molar-refractivity contribution in [2.75, 3.05) is 0 Å². The van der Waals surface area contributed by atoms with E-state index in [9.17, 15) is 4.11 Å². The topological polar surface area (TPSA) is 38.7 Å². The highest BCUT2D eigenvalue weighted by atomic mass is 28.4. The Labute approximate surface area is 41.7 Å². The molecular formula is C2H6FNO2Si. The minimum Gasteiger partial charge on any atom is -0.387 e. The van der Waals surface area contributed by atoms with Gasteiger partial charge in [-0.2, -0.15) is 0 Å². The Morgan fingerprint density at radius 2 is 2.14 bits per heavy atom. The van der Waals surface area contributed by atoms with Crippen molar-refractivity contribution < 1.29 is 8.63 Å². The predicted molar refractivity (Wildman–Crippen MR) is 25.5 cm³/mol. The molecule has 0 amide bonds. The van der Waals surface area contributed by atoms with E-state index in [0.29, 0.717) is 0 Å². The van der Waals surface area contributed by atoms with Crippen molar-refractivity contribution in [3.05, 3.63) is 4.91 Å². The SMILES string of the molecule is C[Si](C)(F)ON=O. The van der Waals surface area contributed by atoms with Gasteiger partial charge in [0, 0.05) is 0 Å².